The van der Waals surface area contributed by atoms with E-state index < -0.39 is 4.92 Å². The van der Waals surface area contributed by atoms with Gasteiger partial charge in [-0.1, -0.05) is 13.8 Å². The fourth-order valence-corrected chi connectivity index (χ4v) is 1.91. The van der Waals surface area contributed by atoms with Gasteiger partial charge in [0, 0.05) is 25.7 Å². The predicted molar refractivity (Wildman–Crippen MR) is 79.5 cm³/mol. The molecule has 0 saturated carbocycles. The van der Waals surface area contributed by atoms with E-state index in [1.165, 1.54) is 12.4 Å². The van der Waals surface area contributed by atoms with Gasteiger partial charge in [0.25, 0.3) is 0 Å². The van der Waals surface area contributed by atoms with Crippen molar-refractivity contribution in [2.24, 2.45) is 5.92 Å². The van der Waals surface area contributed by atoms with E-state index >= 15 is 0 Å². The van der Waals surface area contributed by atoms with Crippen molar-refractivity contribution in [1.82, 2.24) is 10.3 Å². The van der Waals surface area contributed by atoms with E-state index in [1.54, 1.807) is 0 Å². The summed E-state index contributed by atoms with van der Waals surface area (Å²) in [5.74, 6) is 0.307. The van der Waals surface area contributed by atoms with E-state index in [0.29, 0.717) is 29.2 Å². The van der Waals surface area contributed by atoms with E-state index in [4.69, 9.17) is 0 Å². The van der Waals surface area contributed by atoms with Gasteiger partial charge in [-0.05, 0) is 21.8 Å². The van der Waals surface area contributed by atoms with Gasteiger partial charge < -0.3 is 10.6 Å². The number of pyridine rings is 1. The summed E-state index contributed by atoms with van der Waals surface area (Å²) in [7, 11) is 0. The van der Waals surface area contributed by atoms with Gasteiger partial charge in [-0.2, -0.15) is 0 Å². The minimum atomic E-state index is -0.515. The van der Waals surface area contributed by atoms with Gasteiger partial charge in [-0.15, -0.1) is 0 Å². The minimum Gasteiger partial charge on any atom is -0.378 e. The highest BCUT2D eigenvalue weighted by atomic mass is 79.9. The molecule has 1 aromatic rings. The molecule has 1 aromatic heterocycles. The highest BCUT2D eigenvalue weighted by molar-refractivity contribution is 9.10. The molecule has 20 heavy (non-hydrogen) atoms. The summed E-state index contributed by atoms with van der Waals surface area (Å²) >= 11 is 3.20. The number of nitro groups is 1. The summed E-state index contributed by atoms with van der Waals surface area (Å²) in [6.45, 7) is 4.96. The number of carbonyl (C=O) groups excluding carboxylic acids is 1. The minimum absolute atomic E-state index is 0.0842. The molecule has 0 aliphatic heterocycles. The van der Waals surface area contributed by atoms with Crippen molar-refractivity contribution in [1.29, 1.82) is 0 Å². The fourth-order valence-electron chi connectivity index (χ4n) is 1.45. The Morgan fingerprint density at radius 2 is 2.20 bits per heavy atom. The van der Waals surface area contributed by atoms with E-state index in [2.05, 4.69) is 31.5 Å². The summed E-state index contributed by atoms with van der Waals surface area (Å²) in [6.07, 6.45) is 2.89. The van der Waals surface area contributed by atoms with Crippen LogP contribution < -0.4 is 10.6 Å². The SMILES string of the molecule is CC(C)CNC(=O)CCNc1c(Br)cncc1[N+](=O)[O-]. The maximum Gasteiger partial charge on any atom is 0.311 e. The van der Waals surface area contributed by atoms with Crippen molar-refractivity contribution < 1.29 is 9.72 Å². The lowest BCUT2D eigenvalue weighted by Crippen LogP contribution is -2.28. The lowest BCUT2D eigenvalue weighted by Gasteiger charge is -2.10. The molecule has 1 rings (SSSR count). The molecule has 8 heteroatoms. The van der Waals surface area contributed by atoms with Crippen molar-refractivity contribution in [2.45, 2.75) is 20.3 Å². The first kappa shape index (κ1) is 16.4. The Labute approximate surface area is 125 Å². The van der Waals surface area contributed by atoms with Crippen molar-refractivity contribution in [3.8, 4) is 0 Å². The summed E-state index contributed by atoms with van der Waals surface area (Å²) in [6, 6.07) is 0. The standard InChI is InChI=1S/C12H17BrN4O3/c1-8(2)5-16-11(18)3-4-15-12-9(13)6-14-7-10(12)17(19)20/h6-8H,3-5H2,1-2H3,(H,14,15)(H,16,18). The number of hydrogen-bond donors (Lipinski definition) is 2. The molecule has 0 fully saturated rings. The first-order valence-electron chi connectivity index (χ1n) is 6.20. The number of anilines is 1. The molecule has 1 amide bonds. The summed E-state index contributed by atoms with van der Waals surface area (Å²) in [5.41, 5.74) is 0.212. The van der Waals surface area contributed by atoms with Crippen LogP contribution in [0.5, 0.6) is 0 Å². The maximum atomic E-state index is 11.5. The van der Waals surface area contributed by atoms with Crippen LogP contribution in [0.3, 0.4) is 0 Å². The van der Waals surface area contributed by atoms with Crippen LogP contribution >= 0.6 is 15.9 Å². The monoisotopic (exact) mass is 344 g/mol. The number of rotatable bonds is 7. The molecule has 0 aromatic carbocycles. The summed E-state index contributed by atoms with van der Waals surface area (Å²) in [4.78, 5) is 25.6. The normalized spacial score (nSPS) is 10.4. The molecule has 0 unspecified atom stereocenters. The van der Waals surface area contributed by atoms with Crippen LogP contribution in [-0.2, 0) is 4.79 Å². The van der Waals surface area contributed by atoms with E-state index in [-0.39, 0.29) is 18.0 Å². The zero-order valence-electron chi connectivity index (χ0n) is 11.4. The highest BCUT2D eigenvalue weighted by Gasteiger charge is 2.17. The van der Waals surface area contributed by atoms with E-state index in [0.717, 1.165) is 0 Å². The van der Waals surface area contributed by atoms with E-state index in [1.807, 2.05) is 13.8 Å². The van der Waals surface area contributed by atoms with Crippen molar-refractivity contribution in [2.75, 3.05) is 18.4 Å². The number of nitrogens with zero attached hydrogens (tertiary/aromatic N) is 2. The lowest BCUT2D eigenvalue weighted by molar-refractivity contribution is -0.384. The van der Waals surface area contributed by atoms with Crippen LogP contribution in [0.4, 0.5) is 11.4 Å². The molecule has 0 atom stereocenters. The Morgan fingerprint density at radius 1 is 1.50 bits per heavy atom. The van der Waals surface area contributed by atoms with Crippen molar-refractivity contribution in [3.05, 3.63) is 27.0 Å². The predicted octanol–water partition coefficient (Wildman–Crippen LogP) is 2.33. The number of carbonyl (C=O) groups is 1. The number of halogens is 1. The largest absolute Gasteiger partial charge is 0.378 e. The molecule has 0 saturated heterocycles. The Bertz CT molecular complexity index is 494. The second-order valence-corrected chi connectivity index (χ2v) is 5.50. The van der Waals surface area contributed by atoms with Crippen LogP contribution in [0, 0.1) is 16.0 Å². The number of nitrogens with one attached hydrogen (secondary N) is 2. The first-order valence-corrected chi connectivity index (χ1v) is 6.99. The van der Waals surface area contributed by atoms with Crippen LogP contribution in [0.15, 0.2) is 16.9 Å². The molecule has 0 aliphatic carbocycles. The number of aromatic nitrogens is 1. The van der Waals surface area contributed by atoms with Crippen LogP contribution in [0.2, 0.25) is 0 Å². The zero-order valence-corrected chi connectivity index (χ0v) is 12.9. The molecular weight excluding hydrogens is 328 g/mol. The lowest BCUT2D eigenvalue weighted by atomic mass is 10.2. The van der Waals surface area contributed by atoms with Gasteiger partial charge in [-0.3, -0.25) is 19.9 Å². The van der Waals surface area contributed by atoms with Crippen molar-refractivity contribution >= 4 is 33.2 Å². The molecule has 0 radical (unpaired) electrons. The third kappa shape index (κ3) is 5.12. The Hall–Kier alpha value is -1.70. The zero-order chi connectivity index (χ0) is 15.1. The van der Waals surface area contributed by atoms with Gasteiger partial charge in [0.1, 0.15) is 11.9 Å². The summed E-state index contributed by atoms with van der Waals surface area (Å²) < 4.78 is 0.495. The average molecular weight is 345 g/mol. The molecule has 0 aliphatic rings. The van der Waals surface area contributed by atoms with Gasteiger partial charge in [0.15, 0.2) is 0 Å². The maximum absolute atomic E-state index is 11.5. The van der Waals surface area contributed by atoms with Gasteiger partial charge in [0.05, 0.1) is 9.40 Å². The Kier molecular flexibility index (Phi) is 6.37. The molecule has 1 heterocycles. The third-order valence-corrected chi connectivity index (χ3v) is 3.04. The average Bonchev–Trinajstić information content (AvgIpc) is 2.37. The van der Waals surface area contributed by atoms with Gasteiger partial charge in [-0.25, -0.2) is 0 Å². The molecule has 110 valence electrons. The smallest absolute Gasteiger partial charge is 0.311 e. The van der Waals surface area contributed by atoms with Crippen LogP contribution in [-0.4, -0.2) is 28.9 Å². The molecule has 0 spiro atoms. The van der Waals surface area contributed by atoms with Gasteiger partial charge >= 0.3 is 5.69 Å². The Balaban J connectivity index is 2.54. The molecule has 7 nitrogen and oxygen atoms in total. The van der Waals surface area contributed by atoms with Crippen LogP contribution in [0.25, 0.3) is 0 Å². The number of hydrogen-bond acceptors (Lipinski definition) is 5. The first-order chi connectivity index (χ1) is 9.41. The molecule has 2 N–H and O–H groups in total. The van der Waals surface area contributed by atoms with Crippen LogP contribution in [0.1, 0.15) is 20.3 Å². The Morgan fingerprint density at radius 3 is 2.80 bits per heavy atom. The quantitative estimate of drug-likeness (QED) is 0.584. The number of amides is 1. The topological polar surface area (TPSA) is 97.2 Å². The second kappa shape index (κ2) is 7.78. The third-order valence-electron chi connectivity index (χ3n) is 2.44. The molecule has 0 bridgehead atoms. The molecular formula is C12H17BrN4O3. The van der Waals surface area contributed by atoms with Crippen molar-refractivity contribution in [3.63, 3.8) is 0 Å². The second-order valence-electron chi connectivity index (χ2n) is 4.65. The fraction of sp³-hybridized carbons (Fsp3) is 0.500. The van der Waals surface area contributed by atoms with E-state index in [9.17, 15) is 14.9 Å². The summed E-state index contributed by atoms with van der Waals surface area (Å²) in [5, 5.41) is 16.5. The van der Waals surface area contributed by atoms with Gasteiger partial charge in [0.2, 0.25) is 5.91 Å². The highest BCUT2D eigenvalue weighted by Crippen LogP contribution is 2.30.